The van der Waals surface area contributed by atoms with E-state index >= 15 is 0 Å². The number of benzene rings is 3. The van der Waals surface area contributed by atoms with Crippen molar-refractivity contribution >= 4 is 21.4 Å². The van der Waals surface area contributed by atoms with Gasteiger partial charge in [-0.2, -0.15) is 0 Å². The Hall–Kier alpha value is -3.96. The Morgan fingerprint density at radius 3 is 2.36 bits per heavy atom. The average molecular weight is 448 g/mol. The monoisotopic (exact) mass is 447 g/mol. The van der Waals surface area contributed by atoms with Gasteiger partial charge in [0.25, 0.3) is 5.56 Å². The van der Waals surface area contributed by atoms with Crippen LogP contribution in [0.4, 0.5) is 0 Å². The summed E-state index contributed by atoms with van der Waals surface area (Å²) in [6.07, 6.45) is 3.08. The van der Waals surface area contributed by atoms with Gasteiger partial charge in [0.2, 0.25) is 0 Å². The SMILES string of the molecule is O=c1c(Cc2cc3ccccc3s2)nc2c(Cc3ccccc3)[nH]c(-c3ccccc3)cn1-2. The lowest BCUT2D eigenvalue weighted by Crippen LogP contribution is -2.17. The molecule has 2 aliphatic rings. The first-order valence-electron chi connectivity index (χ1n) is 10.9. The molecule has 6 rings (SSSR count). The summed E-state index contributed by atoms with van der Waals surface area (Å²) in [5.74, 6) is 0.694. The molecule has 5 heteroatoms. The van der Waals surface area contributed by atoms with Gasteiger partial charge < -0.3 is 4.98 Å². The van der Waals surface area contributed by atoms with E-state index in [1.807, 2.05) is 66.9 Å². The van der Waals surface area contributed by atoms with E-state index in [-0.39, 0.29) is 5.56 Å². The van der Waals surface area contributed by atoms with Crippen LogP contribution in [0.15, 0.2) is 102 Å². The molecule has 0 unspecified atom stereocenters. The molecule has 0 fully saturated rings. The van der Waals surface area contributed by atoms with E-state index < -0.39 is 0 Å². The summed E-state index contributed by atoms with van der Waals surface area (Å²) in [6, 6.07) is 30.8. The van der Waals surface area contributed by atoms with Gasteiger partial charge in [-0.1, -0.05) is 78.9 Å². The van der Waals surface area contributed by atoms with Crippen LogP contribution in [0.1, 0.15) is 21.8 Å². The van der Waals surface area contributed by atoms with Crippen molar-refractivity contribution in [2.75, 3.05) is 0 Å². The highest BCUT2D eigenvalue weighted by Crippen LogP contribution is 2.28. The van der Waals surface area contributed by atoms with Gasteiger partial charge >= 0.3 is 0 Å². The summed E-state index contributed by atoms with van der Waals surface area (Å²) in [4.78, 5) is 23.0. The largest absolute Gasteiger partial charge is 0.354 e. The van der Waals surface area contributed by atoms with Crippen molar-refractivity contribution in [2.45, 2.75) is 12.8 Å². The number of fused-ring (bicyclic) bond motifs is 2. The van der Waals surface area contributed by atoms with Gasteiger partial charge in [-0.05, 0) is 28.6 Å². The third-order valence-electron chi connectivity index (χ3n) is 5.88. The first-order valence-corrected chi connectivity index (χ1v) is 11.8. The molecule has 33 heavy (non-hydrogen) atoms. The topological polar surface area (TPSA) is 50.7 Å². The molecule has 2 aliphatic heterocycles. The predicted molar refractivity (Wildman–Crippen MR) is 135 cm³/mol. The first kappa shape index (κ1) is 19.7. The number of hydrogen-bond acceptors (Lipinski definition) is 3. The second-order valence-electron chi connectivity index (χ2n) is 8.16. The third kappa shape index (κ3) is 3.77. The van der Waals surface area contributed by atoms with E-state index in [4.69, 9.17) is 4.98 Å². The number of imidazole rings is 1. The van der Waals surface area contributed by atoms with Crippen LogP contribution in [0.25, 0.3) is 27.2 Å². The summed E-state index contributed by atoms with van der Waals surface area (Å²) >= 11 is 1.72. The van der Waals surface area contributed by atoms with Crippen LogP contribution in [0, 0.1) is 0 Å². The van der Waals surface area contributed by atoms with Gasteiger partial charge in [-0.15, -0.1) is 11.3 Å². The molecular weight excluding hydrogens is 426 g/mol. The second kappa shape index (κ2) is 8.19. The minimum Gasteiger partial charge on any atom is -0.354 e. The Labute approximate surface area is 195 Å². The quantitative estimate of drug-likeness (QED) is 0.349. The van der Waals surface area contributed by atoms with Crippen molar-refractivity contribution < 1.29 is 0 Å². The average Bonchev–Trinajstić information content (AvgIpc) is 3.41. The highest BCUT2D eigenvalue weighted by atomic mass is 32.1. The summed E-state index contributed by atoms with van der Waals surface area (Å²) in [5.41, 5.74) is 4.56. The molecule has 1 N–H and O–H groups in total. The van der Waals surface area contributed by atoms with Gasteiger partial charge in [0.15, 0.2) is 5.82 Å². The zero-order chi connectivity index (χ0) is 22.2. The van der Waals surface area contributed by atoms with Crippen LogP contribution < -0.4 is 5.56 Å². The summed E-state index contributed by atoms with van der Waals surface area (Å²) in [6.45, 7) is 0. The number of nitrogens with zero attached hydrogens (tertiary/aromatic N) is 2. The van der Waals surface area contributed by atoms with E-state index in [1.165, 1.54) is 15.6 Å². The molecule has 0 atom stereocenters. The van der Waals surface area contributed by atoms with Crippen molar-refractivity contribution in [3.63, 3.8) is 0 Å². The molecule has 3 aromatic carbocycles. The van der Waals surface area contributed by atoms with Crippen molar-refractivity contribution in [3.05, 3.63) is 129 Å². The molecule has 1 aromatic heterocycles. The summed E-state index contributed by atoms with van der Waals surface area (Å²) in [5, 5.41) is 1.21. The maximum atomic E-state index is 13.4. The molecular formula is C28H21N3OS. The lowest BCUT2D eigenvalue weighted by molar-refractivity contribution is 0.914. The highest BCUT2D eigenvalue weighted by Gasteiger charge is 2.21. The second-order valence-corrected chi connectivity index (χ2v) is 9.33. The fraction of sp³-hybridized carbons (Fsp3) is 0.0714. The molecule has 4 aromatic rings. The van der Waals surface area contributed by atoms with Crippen LogP contribution in [-0.2, 0) is 12.8 Å². The molecule has 160 valence electrons. The van der Waals surface area contributed by atoms with Gasteiger partial charge in [0.05, 0.1) is 11.4 Å². The third-order valence-corrected chi connectivity index (χ3v) is 6.99. The van der Waals surface area contributed by atoms with Crippen molar-refractivity contribution in [3.8, 4) is 17.1 Å². The summed E-state index contributed by atoms with van der Waals surface area (Å²) in [7, 11) is 0. The number of aromatic amines is 1. The first-order chi connectivity index (χ1) is 16.2. The lowest BCUT2D eigenvalue weighted by atomic mass is 10.1. The van der Waals surface area contributed by atoms with Crippen molar-refractivity contribution in [2.24, 2.45) is 0 Å². The Balaban J connectivity index is 1.48. The van der Waals surface area contributed by atoms with Gasteiger partial charge in [-0.3, -0.25) is 9.36 Å². The van der Waals surface area contributed by atoms with E-state index in [1.54, 1.807) is 15.9 Å². The highest BCUT2D eigenvalue weighted by molar-refractivity contribution is 7.19. The van der Waals surface area contributed by atoms with E-state index in [0.717, 1.165) is 21.8 Å². The predicted octanol–water partition coefficient (Wildman–Crippen LogP) is 6.06. The van der Waals surface area contributed by atoms with Gasteiger partial charge in [0, 0.05) is 28.6 Å². The van der Waals surface area contributed by atoms with Crippen molar-refractivity contribution in [1.29, 1.82) is 0 Å². The van der Waals surface area contributed by atoms with Crippen LogP contribution in [0.3, 0.4) is 0 Å². The Kier molecular flexibility index (Phi) is 4.89. The fourth-order valence-electron chi connectivity index (χ4n) is 4.27. The zero-order valence-electron chi connectivity index (χ0n) is 17.9. The maximum Gasteiger partial charge on any atom is 0.278 e. The Morgan fingerprint density at radius 1 is 0.848 bits per heavy atom. The number of hydrogen-bond donors (Lipinski definition) is 1. The van der Waals surface area contributed by atoms with Crippen molar-refractivity contribution in [1.82, 2.24) is 14.5 Å². The molecule has 0 radical (unpaired) electrons. The smallest absolute Gasteiger partial charge is 0.278 e. The fourth-order valence-corrected chi connectivity index (χ4v) is 5.34. The van der Waals surface area contributed by atoms with Crippen LogP contribution >= 0.6 is 11.3 Å². The number of rotatable bonds is 5. The molecule has 0 spiro atoms. The van der Waals surface area contributed by atoms with Gasteiger partial charge in [-0.25, -0.2) is 4.98 Å². The Morgan fingerprint density at radius 2 is 1.58 bits per heavy atom. The normalized spacial score (nSPS) is 11.4. The van der Waals surface area contributed by atoms with E-state index in [9.17, 15) is 4.79 Å². The standard InChI is InChI=1S/C28H21N3OS/c32-28-24(17-22-16-21-13-7-8-14-26(21)33-22)30-27-23(15-19-9-3-1-4-10-19)29-25(18-31(27)28)20-11-5-2-6-12-20/h1-14,16,18,29H,15,17H2. The van der Waals surface area contributed by atoms with Gasteiger partial charge in [0.1, 0.15) is 5.69 Å². The molecule has 0 bridgehead atoms. The molecule has 0 amide bonds. The van der Waals surface area contributed by atoms with Crippen LogP contribution in [0.5, 0.6) is 0 Å². The molecule has 3 heterocycles. The minimum atomic E-state index is -0.0528. The number of thiophene rings is 1. The lowest BCUT2D eigenvalue weighted by Gasteiger charge is -2.13. The van der Waals surface area contributed by atoms with Crippen LogP contribution in [-0.4, -0.2) is 14.5 Å². The minimum absolute atomic E-state index is 0.0528. The maximum absolute atomic E-state index is 13.4. The zero-order valence-corrected chi connectivity index (χ0v) is 18.7. The number of H-pyrrole nitrogens is 1. The number of aromatic nitrogens is 3. The van der Waals surface area contributed by atoms with E-state index in [2.05, 4.69) is 35.3 Å². The molecule has 4 nitrogen and oxygen atoms in total. The number of nitrogens with one attached hydrogen (secondary N) is 1. The molecule has 0 aliphatic carbocycles. The molecule has 0 saturated heterocycles. The summed E-state index contributed by atoms with van der Waals surface area (Å²) < 4.78 is 2.94. The van der Waals surface area contributed by atoms with E-state index in [0.29, 0.717) is 24.4 Å². The molecule has 0 saturated carbocycles. The van der Waals surface area contributed by atoms with Crippen LogP contribution in [0.2, 0.25) is 0 Å². The Bertz CT molecular complexity index is 1550.